The minimum Gasteiger partial charge on any atom is -0.363 e. The van der Waals surface area contributed by atoms with E-state index in [0.29, 0.717) is 6.54 Å². The summed E-state index contributed by atoms with van der Waals surface area (Å²) in [6.45, 7) is 8.60. The molecule has 0 bridgehead atoms. The summed E-state index contributed by atoms with van der Waals surface area (Å²) < 4.78 is 0. The lowest BCUT2D eigenvalue weighted by molar-refractivity contribution is 0.795. The van der Waals surface area contributed by atoms with Gasteiger partial charge in [-0.2, -0.15) is 0 Å². The number of halogens is 1. The summed E-state index contributed by atoms with van der Waals surface area (Å²) in [5.41, 5.74) is 4.94. The summed E-state index contributed by atoms with van der Waals surface area (Å²) in [5.74, 6) is 1.78. The third-order valence-corrected chi connectivity index (χ3v) is 3.98. The largest absolute Gasteiger partial charge is 0.363 e. The minimum absolute atomic E-state index is 0. The van der Waals surface area contributed by atoms with Crippen molar-refractivity contribution in [2.24, 2.45) is 4.99 Å². The van der Waals surface area contributed by atoms with E-state index < -0.39 is 0 Å². The third kappa shape index (κ3) is 8.15. The zero-order chi connectivity index (χ0) is 18.9. The smallest absolute Gasteiger partial charge is 0.191 e. The molecule has 2 aromatic rings. The number of nitrogens with zero attached hydrogens (tertiary/aromatic N) is 3. The van der Waals surface area contributed by atoms with Crippen molar-refractivity contribution in [2.45, 2.75) is 33.7 Å². The van der Waals surface area contributed by atoms with Crippen molar-refractivity contribution in [1.82, 2.24) is 15.6 Å². The van der Waals surface area contributed by atoms with E-state index in [4.69, 9.17) is 0 Å². The van der Waals surface area contributed by atoms with Crippen LogP contribution in [0.1, 0.15) is 29.3 Å². The number of aromatic nitrogens is 1. The number of nitrogens with one attached hydrogen (secondary N) is 2. The summed E-state index contributed by atoms with van der Waals surface area (Å²) >= 11 is 0. The molecule has 0 aliphatic heterocycles. The van der Waals surface area contributed by atoms with Gasteiger partial charge in [0.05, 0.1) is 12.2 Å². The molecule has 2 N–H and O–H groups in total. The third-order valence-electron chi connectivity index (χ3n) is 3.98. The zero-order valence-corrected chi connectivity index (χ0v) is 19.4. The van der Waals surface area contributed by atoms with Gasteiger partial charge in [0, 0.05) is 27.2 Å². The van der Waals surface area contributed by atoms with Crippen molar-refractivity contribution in [3.63, 3.8) is 0 Å². The Morgan fingerprint density at radius 2 is 1.78 bits per heavy atom. The van der Waals surface area contributed by atoms with Gasteiger partial charge in [-0.15, -0.1) is 24.0 Å². The van der Waals surface area contributed by atoms with Gasteiger partial charge in [-0.25, -0.2) is 9.98 Å². The van der Waals surface area contributed by atoms with Gasteiger partial charge in [0.2, 0.25) is 0 Å². The maximum atomic E-state index is 4.66. The quantitative estimate of drug-likeness (QED) is 0.360. The van der Waals surface area contributed by atoms with Crippen molar-refractivity contribution in [1.29, 1.82) is 0 Å². The number of guanidine groups is 1. The van der Waals surface area contributed by atoms with Crippen molar-refractivity contribution in [2.75, 3.05) is 32.1 Å². The van der Waals surface area contributed by atoms with Crippen LogP contribution in [0.25, 0.3) is 0 Å². The lowest BCUT2D eigenvalue weighted by Crippen LogP contribution is -2.38. The topological polar surface area (TPSA) is 52.6 Å². The normalized spacial score (nSPS) is 10.9. The second kappa shape index (κ2) is 11.8. The molecule has 0 saturated carbocycles. The Morgan fingerprint density at radius 1 is 1.07 bits per heavy atom. The van der Waals surface area contributed by atoms with Crippen LogP contribution in [0.4, 0.5) is 5.82 Å². The van der Waals surface area contributed by atoms with E-state index in [1.54, 1.807) is 0 Å². The Bertz CT molecular complexity index is 723. The van der Waals surface area contributed by atoms with Gasteiger partial charge in [0.15, 0.2) is 5.96 Å². The van der Waals surface area contributed by atoms with E-state index >= 15 is 0 Å². The maximum Gasteiger partial charge on any atom is 0.191 e. The molecule has 0 atom stereocenters. The molecule has 0 aliphatic rings. The highest BCUT2D eigenvalue weighted by molar-refractivity contribution is 14.0. The minimum atomic E-state index is 0. The lowest BCUT2D eigenvalue weighted by atomic mass is 10.1. The van der Waals surface area contributed by atoms with Crippen LogP contribution in [-0.2, 0) is 13.0 Å². The number of pyridine rings is 1. The Labute approximate surface area is 180 Å². The first kappa shape index (κ1) is 23.2. The van der Waals surface area contributed by atoms with Crippen molar-refractivity contribution >= 4 is 35.8 Å². The lowest BCUT2D eigenvalue weighted by Gasteiger charge is -2.13. The fourth-order valence-corrected chi connectivity index (χ4v) is 2.84. The van der Waals surface area contributed by atoms with E-state index in [2.05, 4.69) is 59.6 Å². The van der Waals surface area contributed by atoms with E-state index in [9.17, 15) is 0 Å². The molecule has 1 heterocycles. The van der Waals surface area contributed by atoms with Crippen molar-refractivity contribution < 1.29 is 0 Å². The molecular weight excluding hydrogens is 449 g/mol. The van der Waals surface area contributed by atoms with Crippen LogP contribution in [0, 0.1) is 13.8 Å². The second-order valence-corrected chi connectivity index (χ2v) is 6.75. The first-order valence-electron chi connectivity index (χ1n) is 9.20. The van der Waals surface area contributed by atoms with Crippen LogP contribution in [0.5, 0.6) is 0 Å². The van der Waals surface area contributed by atoms with Crippen molar-refractivity contribution in [3.05, 3.63) is 58.8 Å². The number of aliphatic imine (C=N–C) groups is 1. The highest BCUT2D eigenvalue weighted by Crippen LogP contribution is 2.10. The van der Waals surface area contributed by atoms with Crippen molar-refractivity contribution in [3.8, 4) is 0 Å². The fraction of sp³-hybridized carbons (Fsp3) is 0.429. The van der Waals surface area contributed by atoms with Crippen LogP contribution >= 0.6 is 24.0 Å². The summed E-state index contributed by atoms with van der Waals surface area (Å²) in [5, 5.41) is 6.72. The van der Waals surface area contributed by atoms with Gasteiger partial charge >= 0.3 is 0 Å². The molecule has 0 radical (unpaired) electrons. The number of aryl methyl sites for hydroxylation is 2. The molecule has 0 spiro atoms. The molecule has 148 valence electrons. The Morgan fingerprint density at radius 3 is 2.41 bits per heavy atom. The number of benzene rings is 1. The molecule has 27 heavy (non-hydrogen) atoms. The van der Waals surface area contributed by atoms with Crippen LogP contribution in [0.2, 0.25) is 0 Å². The predicted octanol–water partition coefficient (Wildman–Crippen LogP) is 3.68. The molecule has 1 aromatic heterocycles. The van der Waals surface area contributed by atoms with E-state index in [-0.39, 0.29) is 24.0 Å². The van der Waals surface area contributed by atoms with E-state index in [0.717, 1.165) is 37.0 Å². The number of anilines is 1. The summed E-state index contributed by atoms with van der Waals surface area (Å²) in [7, 11) is 3.99. The molecule has 6 heteroatoms. The molecule has 5 nitrogen and oxygen atoms in total. The van der Waals surface area contributed by atoms with Crippen LogP contribution in [0.15, 0.2) is 41.4 Å². The molecule has 0 fully saturated rings. The summed E-state index contributed by atoms with van der Waals surface area (Å²) in [4.78, 5) is 11.3. The predicted molar refractivity (Wildman–Crippen MR) is 126 cm³/mol. The molecule has 2 rings (SSSR count). The van der Waals surface area contributed by atoms with Crippen LogP contribution in [0.3, 0.4) is 0 Å². The van der Waals surface area contributed by atoms with Crippen LogP contribution < -0.4 is 15.5 Å². The van der Waals surface area contributed by atoms with E-state index in [1.165, 1.54) is 16.7 Å². The van der Waals surface area contributed by atoms with E-state index in [1.807, 2.05) is 37.2 Å². The molecule has 0 unspecified atom stereocenters. The zero-order valence-electron chi connectivity index (χ0n) is 17.0. The van der Waals surface area contributed by atoms with Gasteiger partial charge in [-0.3, -0.25) is 0 Å². The second-order valence-electron chi connectivity index (χ2n) is 6.75. The van der Waals surface area contributed by atoms with Gasteiger partial charge in [0.25, 0.3) is 0 Å². The number of hydrogen-bond donors (Lipinski definition) is 2. The van der Waals surface area contributed by atoms with Crippen LogP contribution in [-0.4, -0.2) is 38.1 Å². The van der Waals surface area contributed by atoms with Gasteiger partial charge in [-0.05, 0) is 44.9 Å². The highest BCUT2D eigenvalue weighted by atomic mass is 127. The Kier molecular flexibility index (Phi) is 10.1. The maximum absolute atomic E-state index is 4.66. The highest BCUT2D eigenvalue weighted by Gasteiger charge is 2.02. The Balaban J connectivity index is 0.00000364. The number of rotatable bonds is 7. The average Bonchev–Trinajstić information content (AvgIpc) is 2.59. The first-order valence-corrected chi connectivity index (χ1v) is 9.20. The first-order chi connectivity index (χ1) is 12.5. The molecule has 0 aliphatic carbocycles. The molecule has 0 amide bonds. The average molecular weight is 481 g/mol. The molecular formula is C21H32IN5. The summed E-state index contributed by atoms with van der Waals surface area (Å²) in [6, 6.07) is 12.7. The standard InChI is InChI=1S/C21H31N5.HI/c1-6-22-21(23-11-10-18-13-16(2)12-17(3)14-18)24-15-19-8-7-9-20(25-19)26(4)5;/h7-9,12-14H,6,10-11,15H2,1-5H3,(H2,22,23,24);1H. The molecule has 1 aromatic carbocycles. The monoisotopic (exact) mass is 481 g/mol. The van der Waals surface area contributed by atoms with Gasteiger partial charge in [-0.1, -0.05) is 35.4 Å². The van der Waals surface area contributed by atoms with Gasteiger partial charge in [0.1, 0.15) is 5.82 Å². The Hall–Kier alpha value is -1.83. The summed E-state index contributed by atoms with van der Waals surface area (Å²) in [6.07, 6.45) is 0.974. The van der Waals surface area contributed by atoms with Gasteiger partial charge < -0.3 is 15.5 Å². The molecule has 0 saturated heterocycles. The SMILES string of the molecule is CCNC(=NCc1cccc(N(C)C)n1)NCCc1cc(C)cc(C)c1.I. The number of hydrogen-bond acceptors (Lipinski definition) is 3. The fourth-order valence-electron chi connectivity index (χ4n) is 2.84.